The van der Waals surface area contributed by atoms with Crippen LogP contribution in [0.2, 0.25) is 10.0 Å². The fraction of sp³-hybridized carbons (Fsp3) is 0. The van der Waals surface area contributed by atoms with Crippen molar-refractivity contribution in [1.29, 1.82) is 0 Å². The first-order valence-electron chi connectivity index (χ1n) is 3.30. The van der Waals surface area contributed by atoms with Crippen LogP contribution in [0.3, 0.4) is 0 Å². The summed E-state index contributed by atoms with van der Waals surface area (Å²) >= 11 is 15.2. The third-order valence-electron chi connectivity index (χ3n) is 1.69. The van der Waals surface area contributed by atoms with Crippen LogP contribution in [0.4, 0.5) is 0 Å². The van der Waals surface area contributed by atoms with Gasteiger partial charge in [0.05, 0.1) is 14.5 Å². The molecule has 1 aromatic heterocycles. The Balaban J connectivity index is 2.94. The van der Waals surface area contributed by atoms with Crippen LogP contribution in [0.1, 0.15) is 0 Å². The molecule has 0 aliphatic rings. The highest BCUT2D eigenvalue weighted by Gasteiger charge is 2.07. The standard InChI is InChI=1S/C8H4BrCl2N/c9-7-5(10)3-6-4(8(7)11)1-2-12-6/h1-3,12H. The van der Waals surface area contributed by atoms with Crippen LogP contribution in [0.25, 0.3) is 10.9 Å². The number of halogens is 3. The molecule has 0 radical (unpaired) electrons. The minimum absolute atomic E-state index is 0.620. The predicted octanol–water partition coefficient (Wildman–Crippen LogP) is 4.24. The molecule has 0 saturated heterocycles. The lowest BCUT2D eigenvalue weighted by atomic mass is 10.2. The largest absolute Gasteiger partial charge is 0.361 e. The first kappa shape index (κ1) is 8.42. The first-order chi connectivity index (χ1) is 5.70. The molecule has 12 heavy (non-hydrogen) atoms. The summed E-state index contributed by atoms with van der Waals surface area (Å²) in [5.74, 6) is 0. The van der Waals surface area contributed by atoms with E-state index in [-0.39, 0.29) is 0 Å². The van der Waals surface area contributed by atoms with Crippen molar-refractivity contribution in [3.63, 3.8) is 0 Å². The van der Waals surface area contributed by atoms with Gasteiger partial charge in [-0.2, -0.15) is 0 Å². The molecule has 1 N–H and O–H groups in total. The third-order valence-corrected chi connectivity index (χ3v) is 3.66. The summed E-state index contributed by atoms with van der Waals surface area (Å²) in [6.07, 6.45) is 1.83. The summed E-state index contributed by atoms with van der Waals surface area (Å²) in [5.41, 5.74) is 0.952. The Morgan fingerprint density at radius 3 is 2.83 bits per heavy atom. The van der Waals surface area contributed by atoms with E-state index in [4.69, 9.17) is 23.2 Å². The summed E-state index contributed by atoms with van der Waals surface area (Å²) in [4.78, 5) is 3.04. The van der Waals surface area contributed by atoms with E-state index in [1.807, 2.05) is 18.3 Å². The Morgan fingerprint density at radius 1 is 1.33 bits per heavy atom. The molecular formula is C8H4BrCl2N. The second-order valence-corrected chi connectivity index (χ2v) is 4.00. The van der Waals surface area contributed by atoms with Gasteiger partial charge in [0.1, 0.15) is 0 Å². The summed E-state index contributed by atoms with van der Waals surface area (Å²) < 4.78 is 0.748. The van der Waals surface area contributed by atoms with Crippen LogP contribution < -0.4 is 0 Å². The van der Waals surface area contributed by atoms with E-state index in [9.17, 15) is 0 Å². The summed E-state index contributed by atoms with van der Waals surface area (Å²) in [6.45, 7) is 0. The molecule has 0 fully saturated rings. The SMILES string of the molecule is Clc1cc2[nH]ccc2c(Cl)c1Br. The molecular weight excluding hydrogens is 261 g/mol. The van der Waals surface area contributed by atoms with Gasteiger partial charge in [-0.05, 0) is 28.1 Å². The van der Waals surface area contributed by atoms with Crippen LogP contribution in [-0.4, -0.2) is 4.98 Å². The van der Waals surface area contributed by atoms with Crippen LogP contribution in [0.15, 0.2) is 22.8 Å². The number of aromatic nitrogens is 1. The van der Waals surface area contributed by atoms with Crippen LogP contribution >= 0.6 is 39.1 Å². The minimum Gasteiger partial charge on any atom is -0.361 e. The quantitative estimate of drug-likeness (QED) is 0.686. The van der Waals surface area contributed by atoms with Gasteiger partial charge in [-0.3, -0.25) is 0 Å². The monoisotopic (exact) mass is 263 g/mol. The topological polar surface area (TPSA) is 15.8 Å². The molecule has 0 bridgehead atoms. The Kier molecular flexibility index (Phi) is 2.07. The van der Waals surface area contributed by atoms with E-state index in [1.165, 1.54) is 0 Å². The van der Waals surface area contributed by atoms with Crippen molar-refractivity contribution in [2.75, 3.05) is 0 Å². The van der Waals surface area contributed by atoms with Crippen molar-refractivity contribution in [2.24, 2.45) is 0 Å². The van der Waals surface area contributed by atoms with Crippen molar-refractivity contribution in [1.82, 2.24) is 4.98 Å². The van der Waals surface area contributed by atoms with Gasteiger partial charge in [0.15, 0.2) is 0 Å². The molecule has 0 unspecified atom stereocenters. The highest BCUT2D eigenvalue weighted by Crippen LogP contribution is 2.36. The molecule has 1 nitrogen and oxygen atoms in total. The number of nitrogens with one attached hydrogen (secondary N) is 1. The van der Waals surface area contributed by atoms with E-state index >= 15 is 0 Å². The lowest BCUT2D eigenvalue weighted by Crippen LogP contribution is -1.74. The third kappa shape index (κ3) is 1.15. The number of fused-ring (bicyclic) bond motifs is 1. The maximum atomic E-state index is 6.02. The molecule has 0 atom stereocenters. The molecule has 0 aliphatic carbocycles. The number of hydrogen-bond acceptors (Lipinski definition) is 0. The van der Waals surface area contributed by atoms with Gasteiger partial charge < -0.3 is 4.98 Å². The zero-order chi connectivity index (χ0) is 8.72. The van der Waals surface area contributed by atoms with Crippen molar-refractivity contribution >= 4 is 50.0 Å². The van der Waals surface area contributed by atoms with Crippen molar-refractivity contribution in [2.45, 2.75) is 0 Å². The smallest absolute Gasteiger partial charge is 0.0656 e. The predicted molar refractivity (Wildman–Crippen MR) is 56.0 cm³/mol. The summed E-state index contributed by atoms with van der Waals surface area (Å²) in [7, 11) is 0. The molecule has 0 saturated carbocycles. The number of hydrogen-bond donors (Lipinski definition) is 1. The van der Waals surface area contributed by atoms with Crippen molar-refractivity contribution in [3.05, 3.63) is 32.8 Å². The molecule has 62 valence electrons. The Bertz CT molecular complexity index is 436. The highest BCUT2D eigenvalue weighted by molar-refractivity contribution is 9.10. The molecule has 1 heterocycles. The molecule has 0 aliphatic heterocycles. The van der Waals surface area contributed by atoms with Gasteiger partial charge in [-0.25, -0.2) is 0 Å². The van der Waals surface area contributed by atoms with Crippen LogP contribution in [0.5, 0.6) is 0 Å². The second-order valence-electron chi connectivity index (χ2n) is 2.43. The molecule has 0 spiro atoms. The molecule has 1 aromatic carbocycles. The average Bonchev–Trinajstić information content (AvgIpc) is 2.48. The lowest BCUT2D eigenvalue weighted by molar-refractivity contribution is 1.48. The van der Waals surface area contributed by atoms with Crippen molar-refractivity contribution < 1.29 is 0 Å². The first-order valence-corrected chi connectivity index (χ1v) is 4.85. The molecule has 4 heteroatoms. The van der Waals surface area contributed by atoms with E-state index < -0.39 is 0 Å². The highest BCUT2D eigenvalue weighted by atomic mass is 79.9. The Labute approximate surface area is 87.8 Å². The maximum absolute atomic E-state index is 6.02. The van der Waals surface area contributed by atoms with Gasteiger partial charge in [-0.1, -0.05) is 23.2 Å². The van der Waals surface area contributed by atoms with E-state index in [1.54, 1.807) is 0 Å². The van der Waals surface area contributed by atoms with Gasteiger partial charge in [-0.15, -0.1) is 0 Å². The second kappa shape index (κ2) is 2.95. The minimum atomic E-state index is 0.620. The zero-order valence-corrected chi connectivity index (χ0v) is 8.96. The Morgan fingerprint density at radius 2 is 2.08 bits per heavy atom. The summed E-state index contributed by atoms with van der Waals surface area (Å²) in [5, 5.41) is 2.25. The average molecular weight is 265 g/mol. The molecule has 0 amide bonds. The lowest BCUT2D eigenvalue weighted by Gasteiger charge is -1.99. The van der Waals surface area contributed by atoms with E-state index in [0.29, 0.717) is 10.0 Å². The van der Waals surface area contributed by atoms with Gasteiger partial charge in [0.2, 0.25) is 0 Å². The van der Waals surface area contributed by atoms with Crippen molar-refractivity contribution in [3.8, 4) is 0 Å². The van der Waals surface area contributed by atoms with Crippen LogP contribution in [0, 0.1) is 0 Å². The molecule has 2 rings (SSSR count). The summed E-state index contributed by atoms with van der Waals surface area (Å²) in [6, 6.07) is 3.76. The van der Waals surface area contributed by atoms with Gasteiger partial charge in [0, 0.05) is 17.1 Å². The van der Waals surface area contributed by atoms with E-state index in [2.05, 4.69) is 20.9 Å². The number of rotatable bonds is 0. The van der Waals surface area contributed by atoms with E-state index in [0.717, 1.165) is 15.4 Å². The van der Waals surface area contributed by atoms with Gasteiger partial charge in [0.25, 0.3) is 0 Å². The number of H-pyrrole nitrogens is 1. The fourth-order valence-electron chi connectivity index (χ4n) is 1.11. The number of aromatic amines is 1. The molecule has 2 aromatic rings. The van der Waals surface area contributed by atoms with Gasteiger partial charge >= 0.3 is 0 Å². The number of benzene rings is 1. The Hall–Kier alpha value is -0.180. The van der Waals surface area contributed by atoms with Crippen LogP contribution in [-0.2, 0) is 0 Å². The fourth-order valence-corrected chi connectivity index (χ4v) is 1.95. The zero-order valence-electron chi connectivity index (χ0n) is 5.87. The maximum Gasteiger partial charge on any atom is 0.0656 e. The normalized spacial score (nSPS) is 10.9.